The molecule has 0 atom stereocenters. The van der Waals surface area contributed by atoms with Crippen molar-refractivity contribution < 1.29 is 18.7 Å². The lowest BCUT2D eigenvalue weighted by Gasteiger charge is -2.09. The highest BCUT2D eigenvalue weighted by atomic mass is 16.5. The van der Waals surface area contributed by atoms with E-state index in [-0.39, 0.29) is 12.1 Å². The summed E-state index contributed by atoms with van der Waals surface area (Å²) in [7, 11) is 0. The molecular formula is C21H18O4. The van der Waals surface area contributed by atoms with Crippen LogP contribution in [0.3, 0.4) is 0 Å². The Morgan fingerprint density at radius 1 is 0.960 bits per heavy atom. The van der Waals surface area contributed by atoms with E-state index in [0.29, 0.717) is 23.4 Å². The number of esters is 1. The molecule has 3 rings (SSSR count). The number of hydrogen-bond acceptors (Lipinski definition) is 4. The van der Waals surface area contributed by atoms with Crippen LogP contribution in [0.5, 0.6) is 0 Å². The number of rotatable bonds is 5. The number of aldehydes is 1. The molecule has 0 aliphatic rings. The van der Waals surface area contributed by atoms with Gasteiger partial charge in [-0.25, -0.2) is 4.79 Å². The third kappa shape index (κ3) is 3.86. The van der Waals surface area contributed by atoms with Crippen molar-refractivity contribution >= 4 is 12.3 Å². The monoisotopic (exact) mass is 334 g/mol. The van der Waals surface area contributed by atoms with E-state index in [4.69, 9.17) is 9.15 Å². The Kier molecular flexibility index (Phi) is 4.80. The number of benzene rings is 2. The van der Waals surface area contributed by atoms with Crippen molar-refractivity contribution in [3.05, 3.63) is 72.0 Å². The molecule has 0 unspecified atom stereocenters. The predicted molar refractivity (Wildman–Crippen MR) is 95.5 cm³/mol. The molecule has 126 valence electrons. The Morgan fingerprint density at radius 3 is 2.32 bits per heavy atom. The Labute approximate surface area is 146 Å². The van der Waals surface area contributed by atoms with Gasteiger partial charge in [0, 0.05) is 5.56 Å². The van der Waals surface area contributed by atoms with Gasteiger partial charge in [0.1, 0.15) is 5.76 Å². The van der Waals surface area contributed by atoms with Crippen LogP contribution in [0.15, 0.2) is 65.1 Å². The van der Waals surface area contributed by atoms with Crippen LogP contribution in [0.1, 0.15) is 34.8 Å². The minimum absolute atomic E-state index is 0.153. The molecule has 3 aromatic rings. The standard InChI is InChI=1S/C21H18O4/c1-14(2)24-21(23)18-5-3-4-17(12-18)15-6-8-16(9-7-15)20-11-10-19(13-22)25-20/h3-14H,1-2H3. The van der Waals surface area contributed by atoms with Crippen molar-refractivity contribution in [1.29, 1.82) is 0 Å². The van der Waals surface area contributed by atoms with E-state index in [1.165, 1.54) is 0 Å². The largest absolute Gasteiger partial charge is 0.459 e. The van der Waals surface area contributed by atoms with Gasteiger partial charge in [0.15, 0.2) is 12.0 Å². The summed E-state index contributed by atoms with van der Waals surface area (Å²) >= 11 is 0. The first-order valence-electron chi connectivity index (χ1n) is 8.03. The summed E-state index contributed by atoms with van der Waals surface area (Å²) in [6, 6.07) is 18.5. The first-order chi connectivity index (χ1) is 12.1. The molecule has 0 aliphatic heterocycles. The van der Waals surface area contributed by atoms with Crippen LogP contribution in [0.25, 0.3) is 22.5 Å². The van der Waals surface area contributed by atoms with Gasteiger partial charge in [0.25, 0.3) is 0 Å². The number of furan rings is 1. The highest BCUT2D eigenvalue weighted by Crippen LogP contribution is 2.26. The van der Waals surface area contributed by atoms with Crippen molar-refractivity contribution in [3.8, 4) is 22.5 Å². The van der Waals surface area contributed by atoms with Gasteiger partial charge in [-0.1, -0.05) is 36.4 Å². The third-order valence-corrected chi connectivity index (χ3v) is 3.69. The van der Waals surface area contributed by atoms with E-state index in [0.717, 1.165) is 16.7 Å². The molecule has 1 heterocycles. The normalized spacial score (nSPS) is 10.7. The maximum Gasteiger partial charge on any atom is 0.338 e. The Hall–Kier alpha value is -3.14. The topological polar surface area (TPSA) is 56.5 Å². The van der Waals surface area contributed by atoms with Gasteiger partial charge in [0.2, 0.25) is 0 Å². The summed E-state index contributed by atoms with van der Waals surface area (Å²) in [4.78, 5) is 22.8. The Balaban J connectivity index is 1.85. The van der Waals surface area contributed by atoms with Crippen LogP contribution in [-0.2, 0) is 4.74 Å². The van der Waals surface area contributed by atoms with Gasteiger partial charge in [-0.2, -0.15) is 0 Å². The summed E-state index contributed by atoms with van der Waals surface area (Å²) in [5.74, 6) is 0.615. The van der Waals surface area contributed by atoms with Crippen LogP contribution in [0.2, 0.25) is 0 Å². The van der Waals surface area contributed by atoms with Crippen molar-refractivity contribution in [3.63, 3.8) is 0 Å². The molecule has 0 radical (unpaired) electrons. The van der Waals surface area contributed by atoms with E-state index < -0.39 is 0 Å². The number of ether oxygens (including phenoxy) is 1. The van der Waals surface area contributed by atoms with Crippen molar-refractivity contribution in [2.75, 3.05) is 0 Å². The molecule has 0 N–H and O–H groups in total. The molecule has 25 heavy (non-hydrogen) atoms. The molecule has 1 aromatic heterocycles. The second-order valence-electron chi connectivity index (χ2n) is 5.93. The van der Waals surface area contributed by atoms with E-state index >= 15 is 0 Å². The van der Waals surface area contributed by atoms with Crippen LogP contribution >= 0.6 is 0 Å². The average molecular weight is 334 g/mol. The Bertz CT molecular complexity index is 888. The zero-order chi connectivity index (χ0) is 17.8. The first-order valence-corrected chi connectivity index (χ1v) is 8.03. The summed E-state index contributed by atoms with van der Waals surface area (Å²) < 4.78 is 10.7. The van der Waals surface area contributed by atoms with Crippen LogP contribution in [0, 0.1) is 0 Å². The molecule has 0 saturated heterocycles. The summed E-state index contributed by atoms with van der Waals surface area (Å²) in [6.07, 6.45) is 0.527. The molecule has 0 amide bonds. The highest BCUT2D eigenvalue weighted by Gasteiger charge is 2.10. The molecule has 0 saturated carbocycles. The quantitative estimate of drug-likeness (QED) is 0.487. The van der Waals surface area contributed by atoms with E-state index in [2.05, 4.69) is 0 Å². The molecule has 0 bridgehead atoms. The molecule has 2 aromatic carbocycles. The van der Waals surface area contributed by atoms with Gasteiger partial charge < -0.3 is 9.15 Å². The van der Waals surface area contributed by atoms with Gasteiger partial charge in [-0.05, 0) is 49.2 Å². The minimum Gasteiger partial charge on any atom is -0.459 e. The van der Waals surface area contributed by atoms with Crippen molar-refractivity contribution in [1.82, 2.24) is 0 Å². The summed E-state index contributed by atoms with van der Waals surface area (Å²) in [6.45, 7) is 3.65. The number of carbonyl (C=O) groups excluding carboxylic acids is 2. The smallest absolute Gasteiger partial charge is 0.338 e. The second-order valence-corrected chi connectivity index (χ2v) is 5.93. The van der Waals surface area contributed by atoms with Crippen molar-refractivity contribution in [2.45, 2.75) is 20.0 Å². The predicted octanol–water partition coefficient (Wildman–Crippen LogP) is 4.99. The first kappa shape index (κ1) is 16.7. The second kappa shape index (κ2) is 7.18. The summed E-state index contributed by atoms with van der Waals surface area (Å²) in [5.41, 5.74) is 3.31. The molecular weight excluding hydrogens is 316 g/mol. The summed E-state index contributed by atoms with van der Waals surface area (Å²) in [5, 5.41) is 0. The van der Waals surface area contributed by atoms with Gasteiger partial charge in [-0.3, -0.25) is 4.79 Å². The Morgan fingerprint density at radius 2 is 1.68 bits per heavy atom. The maximum absolute atomic E-state index is 12.0. The SMILES string of the molecule is CC(C)OC(=O)c1cccc(-c2ccc(-c3ccc(C=O)o3)cc2)c1. The van der Waals surface area contributed by atoms with Crippen LogP contribution in [-0.4, -0.2) is 18.4 Å². The fraction of sp³-hybridized carbons (Fsp3) is 0.143. The average Bonchev–Trinajstić information content (AvgIpc) is 3.11. The minimum atomic E-state index is -0.328. The van der Waals surface area contributed by atoms with Gasteiger partial charge in [0.05, 0.1) is 11.7 Å². The van der Waals surface area contributed by atoms with Crippen molar-refractivity contribution in [2.24, 2.45) is 0 Å². The van der Waals surface area contributed by atoms with E-state index in [9.17, 15) is 9.59 Å². The zero-order valence-corrected chi connectivity index (χ0v) is 14.1. The lowest BCUT2D eigenvalue weighted by molar-refractivity contribution is 0.0378. The maximum atomic E-state index is 12.0. The fourth-order valence-corrected chi connectivity index (χ4v) is 2.51. The van der Waals surface area contributed by atoms with Gasteiger partial charge >= 0.3 is 5.97 Å². The number of carbonyl (C=O) groups is 2. The van der Waals surface area contributed by atoms with Gasteiger partial charge in [-0.15, -0.1) is 0 Å². The lowest BCUT2D eigenvalue weighted by atomic mass is 10.0. The molecule has 4 heteroatoms. The van der Waals surface area contributed by atoms with E-state index in [1.807, 2.05) is 56.3 Å². The highest BCUT2D eigenvalue weighted by molar-refractivity contribution is 5.91. The van der Waals surface area contributed by atoms with E-state index in [1.54, 1.807) is 18.2 Å². The molecule has 0 fully saturated rings. The number of hydrogen-bond donors (Lipinski definition) is 0. The fourth-order valence-electron chi connectivity index (χ4n) is 2.51. The zero-order valence-electron chi connectivity index (χ0n) is 14.1. The van der Waals surface area contributed by atoms with Crippen LogP contribution < -0.4 is 0 Å². The lowest BCUT2D eigenvalue weighted by Crippen LogP contribution is -2.11. The van der Waals surface area contributed by atoms with Crippen LogP contribution in [0.4, 0.5) is 0 Å². The third-order valence-electron chi connectivity index (χ3n) is 3.69. The molecule has 0 aliphatic carbocycles. The molecule has 4 nitrogen and oxygen atoms in total. The molecule has 0 spiro atoms.